The van der Waals surface area contributed by atoms with Gasteiger partial charge in [-0.25, -0.2) is 4.79 Å². The number of hydrogen-bond donors (Lipinski definition) is 0. The largest absolute Gasteiger partial charge is 0.513 e. The molecule has 2 aromatic rings. The van der Waals surface area contributed by atoms with Crippen LogP contribution in [0.2, 0.25) is 0 Å². The fraction of sp³-hybridized carbons (Fsp3) is 0.519. The molecule has 11 heteroatoms. The number of unbranched alkanes of at least 4 members (excludes halogenated alkanes) is 1. The molecular weight excluding hydrogens is 498 g/mol. The van der Waals surface area contributed by atoms with E-state index < -0.39 is 17.4 Å². The summed E-state index contributed by atoms with van der Waals surface area (Å²) in [5, 5.41) is 10.7. The molecule has 1 heterocycles. The summed E-state index contributed by atoms with van der Waals surface area (Å²) in [4.78, 5) is 21.9. The number of ether oxygens (including phenoxy) is 7. The van der Waals surface area contributed by atoms with Gasteiger partial charge in [0.15, 0.2) is 6.29 Å². The smallest absolute Gasteiger partial charge is 0.491 e. The Balaban J connectivity index is 1.30. The van der Waals surface area contributed by atoms with Crippen LogP contribution in [0.3, 0.4) is 0 Å². The second-order valence-electron chi connectivity index (χ2n) is 8.49. The number of carbonyl (C=O) groups excluding carboxylic acids is 1. The number of hydrogen-bond acceptors (Lipinski definition) is 10. The number of non-ortho nitro benzene ring substituents is 1. The minimum atomic E-state index is -0.852. The maximum Gasteiger partial charge on any atom is 0.513 e. The summed E-state index contributed by atoms with van der Waals surface area (Å²) >= 11 is 0. The van der Waals surface area contributed by atoms with E-state index >= 15 is 0 Å². The highest BCUT2D eigenvalue weighted by atomic mass is 16.7. The predicted molar refractivity (Wildman–Crippen MR) is 136 cm³/mol. The van der Waals surface area contributed by atoms with Crippen LogP contribution in [0.4, 0.5) is 10.5 Å². The average Bonchev–Trinajstić information content (AvgIpc) is 3.39. The topological polar surface area (TPSA) is 125 Å². The Bertz CT molecular complexity index is 982. The maximum absolute atomic E-state index is 11.8. The van der Waals surface area contributed by atoms with Crippen molar-refractivity contribution in [1.29, 1.82) is 0 Å². The quantitative estimate of drug-likeness (QED) is 0.0933. The first-order valence-electron chi connectivity index (χ1n) is 12.8. The molecule has 1 aliphatic heterocycles. The highest BCUT2D eigenvalue weighted by Crippen LogP contribution is 2.30. The minimum absolute atomic E-state index is 0.0477. The van der Waals surface area contributed by atoms with Crippen LogP contribution < -0.4 is 9.47 Å². The van der Waals surface area contributed by atoms with Crippen LogP contribution in [-0.4, -0.2) is 62.9 Å². The third kappa shape index (κ3) is 9.90. The van der Waals surface area contributed by atoms with E-state index in [9.17, 15) is 14.9 Å². The van der Waals surface area contributed by atoms with Gasteiger partial charge in [0.1, 0.15) is 24.2 Å². The minimum Gasteiger partial charge on any atom is -0.491 e. The molecule has 1 fully saturated rings. The normalized spacial score (nSPS) is 17.6. The molecule has 11 nitrogen and oxygen atoms in total. The van der Waals surface area contributed by atoms with Crippen LogP contribution in [0.5, 0.6) is 11.5 Å². The van der Waals surface area contributed by atoms with Gasteiger partial charge in [-0.05, 0) is 57.4 Å². The van der Waals surface area contributed by atoms with E-state index in [1.807, 2.05) is 38.1 Å². The lowest BCUT2D eigenvalue weighted by atomic mass is 10.1. The second-order valence-corrected chi connectivity index (χ2v) is 8.49. The Morgan fingerprint density at radius 2 is 1.76 bits per heavy atom. The molecule has 0 saturated carbocycles. The molecule has 0 spiro atoms. The molecule has 38 heavy (non-hydrogen) atoms. The molecular formula is C27H35NO10. The summed E-state index contributed by atoms with van der Waals surface area (Å²) in [5.41, 5.74) is 0.824. The summed E-state index contributed by atoms with van der Waals surface area (Å²) in [5.74, 6) is 0.913. The number of nitro groups is 1. The summed E-state index contributed by atoms with van der Waals surface area (Å²) in [6.45, 7) is 6.70. The van der Waals surface area contributed by atoms with E-state index in [1.165, 1.54) is 24.3 Å². The van der Waals surface area contributed by atoms with Gasteiger partial charge in [0, 0.05) is 30.9 Å². The van der Waals surface area contributed by atoms with Gasteiger partial charge in [-0.2, -0.15) is 0 Å². The van der Waals surface area contributed by atoms with E-state index in [0.29, 0.717) is 39.5 Å². The maximum atomic E-state index is 11.8. The van der Waals surface area contributed by atoms with Crippen molar-refractivity contribution in [2.75, 3.05) is 39.6 Å². The monoisotopic (exact) mass is 533 g/mol. The van der Waals surface area contributed by atoms with Crippen molar-refractivity contribution in [2.24, 2.45) is 0 Å². The first kappa shape index (κ1) is 29.3. The van der Waals surface area contributed by atoms with Gasteiger partial charge in [-0.15, -0.1) is 0 Å². The lowest BCUT2D eigenvalue weighted by molar-refractivity contribution is -0.384. The molecule has 208 valence electrons. The third-order valence-corrected chi connectivity index (χ3v) is 5.64. The van der Waals surface area contributed by atoms with Gasteiger partial charge in [-0.3, -0.25) is 10.1 Å². The van der Waals surface area contributed by atoms with Crippen molar-refractivity contribution in [1.82, 2.24) is 0 Å². The summed E-state index contributed by atoms with van der Waals surface area (Å²) in [6, 6.07) is 12.8. The SMILES string of the molecule is CCOCC(COc1ccc(C2OCC(CCCCOC(=O)Oc3ccc([N+](=O)[O-])cc3)O2)cc1)OCC. The zero-order valence-corrected chi connectivity index (χ0v) is 21.7. The van der Waals surface area contributed by atoms with Gasteiger partial charge in [0.25, 0.3) is 5.69 Å². The zero-order valence-electron chi connectivity index (χ0n) is 21.7. The molecule has 1 aliphatic rings. The molecule has 0 amide bonds. The Morgan fingerprint density at radius 3 is 2.45 bits per heavy atom. The van der Waals surface area contributed by atoms with E-state index in [4.69, 9.17) is 33.2 Å². The fourth-order valence-electron chi connectivity index (χ4n) is 3.71. The molecule has 3 unspecified atom stereocenters. The summed E-state index contributed by atoms with van der Waals surface area (Å²) in [6.07, 6.45) is 0.725. The first-order valence-corrected chi connectivity index (χ1v) is 12.8. The Labute approximate surface area is 222 Å². The van der Waals surface area contributed by atoms with E-state index in [0.717, 1.165) is 24.2 Å². The number of carbonyl (C=O) groups is 1. The van der Waals surface area contributed by atoms with Gasteiger partial charge >= 0.3 is 6.16 Å². The molecule has 3 rings (SSSR count). The summed E-state index contributed by atoms with van der Waals surface area (Å²) in [7, 11) is 0. The number of nitrogens with zero attached hydrogens (tertiary/aromatic N) is 1. The Hall–Kier alpha value is -3.25. The highest BCUT2D eigenvalue weighted by molar-refractivity contribution is 5.63. The van der Waals surface area contributed by atoms with Crippen molar-refractivity contribution >= 4 is 11.8 Å². The van der Waals surface area contributed by atoms with Gasteiger partial charge in [-0.1, -0.05) is 12.1 Å². The van der Waals surface area contributed by atoms with Crippen molar-refractivity contribution in [2.45, 2.75) is 51.6 Å². The Kier molecular flexibility index (Phi) is 12.2. The third-order valence-electron chi connectivity index (χ3n) is 5.64. The van der Waals surface area contributed by atoms with Crippen LogP contribution in [0.25, 0.3) is 0 Å². The number of benzene rings is 2. The molecule has 0 bridgehead atoms. The van der Waals surface area contributed by atoms with Crippen LogP contribution in [-0.2, 0) is 23.7 Å². The fourth-order valence-corrected chi connectivity index (χ4v) is 3.71. The second kappa shape index (κ2) is 15.9. The van der Waals surface area contributed by atoms with Crippen LogP contribution in [0, 0.1) is 10.1 Å². The first-order chi connectivity index (χ1) is 18.5. The van der Waals surface area contributed by atoms with Crippen LogP contribution in [0.15, 0.2) is 48.5 Å². The average molecular weight is 534 g/mol. The highest BCUT2D eigenvalue weighted by Gasteiger charge is 2.27. The van der Waals surface area contributed by atoms with E-state index in [2.05, 4.69) is 0 Å². The molecule has 0 radical (unpaired) electrons. The van der Waals surface area contributed by atoms with Crippen LogP contribution >= 0.6 is 0 Å². The molecule has 0 N–H and O–H groups in total. The molecule has 1 saturated heterocycles. The standard InChI is InChI=1S/C27H35NO10/c1-3-32-17-25(33-4-2)19-35-22-12-8-20(9-13-22)26-36-18-24(37-26)7-5-6-16-34-27(29)38-23-14-10-21(11-15-23)28(30)31/h8-15,24-26H,3-7,16-19H2,1-2H3. The lowest BCUT2D eigenvalue weighted by Gasteiger charge is -2.18. The van der Waals surface area contributed by atoms with Crippen molar-refractivity contribution in [3.05, 3.63) is 64.2 Å². The van der Waals surface area contributed by atoms with Crippen molar-refractivity contribution in [3.8, 4) is 11.5 Å². The molecule has 2 aromatic carbocycles. The number of nitro benzene ring substituents is 1. The van der Waals surface area contributed by atoms with Crippen LogP contribution in [0.1, 0.15) is 45.0 Å². The summed E-state index contributed by atoms with van der Waals surface area (Å²) < 4.78 is 38.8. The Morgan fingerprint density at radius 1 is 1.03 bits per heavy atom. The zero-order chi connectivity index (χ0) is 27.2. The van der Waals surface area contributed by atoms with E-state index in [1.54, 1.807) is 0 Å². The molecule has 3 atom stereocenters. The molecule has 0 aromatic heterocycles. The van der Waals surface area contributed by atoms with Crippen molar-refractivity contribution in [3.63, 3.8) is 0 Å². The van der Waals surface area contributed by atoms with Gasteiger partial charge in [0.2, 0.25) is 0 Å². The predicted octanol–water partition coefficient (Wildman–Crippen LogP) is 5.22. The van der Waals surface area contributed by atoms with Gasteiger partial charge in [0.05, 0.1) is 30.8 Å². The van der Waals surface area contributed by atoms with Crippen molar-refractivity contribution < 1.29 is 42.9 Å². The van der Waals surface area contributed by atoms with Gasteiger partial charge < -0.3 is 33.2 Å². The van der Waals surface area contributed by atoms with E-state index in [-0.39, 0.29) is 30.3 Å². The number of rotatable bonds is 16. The lowest BCUT2D eigenvalue weighted by Crippen LogP contribution is -2.27. The molecule has 0 aliphatic carbocycles.